The first-order valence-electron chi connectivity index (χ1n) is 19.4. The molecule has 3 aromatic rings. The fraction of sp³-hybridized carbons (Fsp3) is 0.478. The summed E-state index contributed by atoms with van der Waals surface area (Å²) in [6.45, 7) is 17.1. The van der Waals surface area contributed by atoms with Crippen LogP contribution in [0.3, 0.4) is 0 Å². The summed E-state index contributed by atoms with van der Waals surface area (Å²) in [6.07, 6.45) is 9.30. The summed E-state index contributed by atoms with van der Waals surface area (Å²) in [4.78, 5) is 24.1. The predicted octanol–water partition coefficient (Wildman–Crippen LogP) is 8.74. The number of ether oxygens (including phenoxy) is 4. The average Bonchev–Trinajstić information content (AvgIpc) is 3.17. The van der Waals surface area contributed by atoms with E-state index < -0.39 is 17.4 Å². The number of esters is 2. The van der Waals surface area contributed by atoms with Gasteiger partial charge in [0.1, 0.15) is 37.9 Å². The van der Waals surface area contributed by atoms with E-state index in [1.807, 2.05) is 19.1 Å². The smallest absolute Gasteiger partial charge is 0.333 e. The summed E-state index contributed by atoms with van der Waals surface area (Å²) < 4.78 is 23.4. The molecular weight excluding hydrogens is 680 g/mol. The summed E-state index contributed by atoms with van der Waals surface area (Å²) >= 11 is 0. The largest absolute Gasteiger partial charge is 0.490 e. The minimum absolute atomic E-state index is 0.0556. The summed E-state index contributed by atoms with van der Waals surface area (Å²) in [6, 6.07) is 19.3. The third kappa shape index (κ3) is 14.1. The number of aliphatic hydroxyl groups is 2. The van der Waals surface area contributed by atoms with E-state index in [9.17, 15) is 19.8 Å². The zero-order chi connectivity index (χ0) is 39.5. The molecule has 3 aromatic carbocycles. The molecule has 0 radical (unpaired) electrons. The van der Waals surface area contributed by atoms with Crippen LogP contribution in [-0.2, 0) is 51.2 Å². The molecule has 0 atom stereocenters. The molecule has 0 bridgehead atoms. The summed E-state index contributed by atoms with van der Waals surface area (Å²) in [5.41, 5.74) is 7.80. The van der Waals surface area contributed by atoms with Crippen LogP contribution in [0.15, 0.2) is 78.9 Å². The Bertz CT molecular complexity index is 1670. The summed E-state index contributed by atoms with van der Waals surface area (Å²) in [7, 11) is 0. The van der Waals surface area contributed by atoms with Gasteiger partial charge in [-0.25, -0.2) is 9.59 Å². The molecule has 0 spiro atoms. The van der Waals surface area contributed by atoms with Gasteiger partial charge in [-0.05, 0) is 111 Å². The Labute approximate surface area is 323 Å². The Balaban J connectivity index is 1.98. The number of unbranched alkanes of at least 4 members (excludes halogenated alkanes) is 2. The van der Waals surface area contributed by atoms with E-state index in [1.54, 1.807) is 13.8 Å². The van der Waals surface area contributed by atoms with Gasteiger partial charge in [-0.3, -0.25) is 0 Å². The quantitative estimate of drug-likeness (QED) is 0.0504. The van der Waals surface area contributed by atoms with E-state index >= 15 is 0 Å². The lowest BCUT2D eigenvalue weighted by molar-refractivity contribution is -0.140. The molecule has 3 rings (SSSR count). The molecule has 0 fully saturated rings. The Morgan fingerprint density at radius 3 is 1.74 bits per heavy atom. The Kier molecular flexibility index (Phi) is 18.5. The summed E-state index contributed by atoms with van der Waals surface area (Å²) in [5.74, 6) is 0.396. The molecule has 0 aliphatic carbocycles. The molecule has 0 amide bonds. The van der Waals surface area contributed by atoms with Crippen molar-refractivity contribution < 1.29 is 38.7 Å². The number of rotatable bonds is 25. The lowest BCUT2D eigenvalue weighted by Crippen LogP contribution is -2.25. The Hall–Kier alpha value is -4.40. The molecule has 8 nitrogen and oxygen atoms in total. The molecule has 0 heterocycles. The molecule has 0 aliphatic heterocycles. The van der Waals surface area contributed by atoms with Crippen LogP contribution in [0, 0.1) is 5.41 Å². The lowest BCUT2D eigenvalue weighted by Gasteiger charge is -2.24. The van der Waals surface area contributed by atoms with Crippen molar-refractivity contribution in [2.24, 2.45) is 5.41 Å². The maximum atomic E-state index is 12.1. The van der Waals surface area contributed by atoms with Crippen molar-refractivity contribution in [3.63, 3.8) is 0 Å². The Morgan fingerprint density at radius 2 is 1.19 bits per heavy atom. The molecular formula is C46H62O8. The number of carbonyl (C=O) groups is 2. The maximum absolute atomic E-state index is 12.1. The number of aryl methyl sites for hydroxylation is 5. The van der Waals surface area contributed by atoms with Crippen molar-refractivity contribution in [1.29, 1.82) is 0 Å². The fourth-order valence-electron chi connectivity index (χ4n) is 6.10. The third-order valence-electron chi connectivity index (χ3n) is 9.63. The maximum Gasteiger partial charge on any atom is 0.333 e. The molecule has 0 saturated heterocycles. The highest BCUT2D eigenvalue weighted by Crippen LogP contribution is 2.39. The molecule has 294 valence electrons. The van der Waals surface area contributed by atoms with Gasteiger partial charge in [0.2, 0.25) is 0 Å². The van der Waals surface area contributed by atoms with E-state index in [4.69, 9.17) is 18.9 Å². The Morgan fingerprint density at radius 1 is 0.630 bits per heavy atom. The van der Waals surface area contributed by atoms with Crippen molar-refractivity contribution in [3.8, 4) is 22.6 Å². The molecule has 0 unspecified atom stereocenters. The second-order valence-electron chi connectivity index (χ2n) is 14.6. The van der Waals surface area contributed by atoms with E-state index in [0.717, 1.165) is 54.4 Å². The molecule has 0 saturated carbocycles. The minimum atomic E-state index is -0.503. The SMILES string of the molecule is C=C(C)C(=O)OCCOc1cc(-c2ccc(CCCC(C)(CO)CO)cc2CC)c(OCCOC(=O)C(=C)C)cc1CCc1ccc(CCCCC)cc1. The van der Waals surface area contributed by atoms with E-state index in [-0.39, 0.29) is 39.6 Å². The number of benzene rings is 3. The zero-order valence-corrected chi connectivity index (χ0v) is 33.3. The molecule has 0 aromatic heterocycles. The van der Waals surface area contributed by atoms with E-state index in [2.05, 4.69) is 69.5 Å². The van der Waals surface area contributed by atoms with Crippen LogP contribution in [0.5, 0.6) is 11.5 Å². The summed E-state index contributed by atoms with van der Waals surface area (Å²) in [5, 5.41) is 19.5. The van der Waals surface area contributed by atoms with Gasteiger partial charge in [-0.2, -0.15) is 0 Å². The topological polar surface area (TPSA) is 112 Å². The molecule has 54 heavy (non-hydrogen) atoms. The number of hydrogen-bond donors (Lipinski definition) is 2. The average molecular weight is 743 g/mol. The number of aliphatic hydroxyl groups excluding tert-OH is 2. The second kappa shape index (κ2) is 22.7. The molecule has 8 heteroatoms. The van der Waals surface area contributed by atoms with Crippen LogP contribution in [-0.4, -0.2) is 61.8 Å². The van der Waals surface area contributed by atoms with Gasteiger partial charge in [0.25, 0.3) is 0 Å². The van der Waals surface area contributed by atoms with Crippen LogP contribution in [0.1, 0.15) is 94.5 Å². The van der Waals surface area contributed by atoms with E-state index in [1.165, 1.54) is 36.0 Å². The van der Waals surface area contributed by atoms with Crippen LogP contribution in [0.2, 0.25) is 0 Å². The van der Waals surface area contributed by atoms with Crippen molar-refractivity contribution >= 4 is 11.9 Å². The first-order chi connectivity index (χ1) is 25.9. The van der Waals surface area contributed by atoms with Gasteiger partial charge >= 0.3 is 11.9 Å². The van der Waals surface area contributed by atoms with Crippen LogP contribution < -0.4 is 9.47 Å². The number of hydrogen-bond acceptors (Lipinski definition) is 8. The number of carbonyl (C=O) groups excluding carboxylic acids is 2. The van der Waals surface area contributed by atoms with Gasteiger partial charge in [0.15, 0.2) is 0 Å². The monoisotopic (exact) mass is 742 g/mol. The normalized spacial score (nSPS) is 11.2. The van der Waals surface area contributed by atoms with Crippen LogP contribution in [0.25, 0.3) is 11.1 Å². The lowest BCUT2D eigenvalue weighted by atomic mass is 9.85. The highest BCUT2D eigenvalue weighted by atomic mass is 16.6. The van der Waals surface area contributed by atoms with Gasteiger partial charge in [0.05, 0.1) is 13.2 Å². The van der Waals surface area contributed by atoms with Gasteiger partial charge in [-0.15, -0.1) is 0 Å². The van der Waals surface area contributed by atoms with Gasteiger partial charge < -0.3 is 29.2 Å². The minimum Gasteiger partial charge on any atom is -0.490 e. The van der Waals surface area contributed by atoms with Crippen molar-refractivity contribution in [2.75, 3.05) is 39.6 Å². The van der Waals surface area contributed by atoms with Crippen molar-refractivity contribution in [1.82, 2.24) is 0 Å². The first kappa shape index (κ1) is 44.0. The van der Waals surface area contributed by atoms with Crippen molar-refractivity contribution in [2.45, 2.75) is 98.8 Å². The first-order valence-corrected chi connectivity index (χ1v) is 19.4. The highest BCUT2D eigenvalue weighted by Gasteiger charge is 2.22. The van der Waals surface area contributed by atoms with E-state index in [0.29, 0.717) is 35.5 Å². The van der Waals surface area contributed by atoms with Gasteiger partial charge in [0, 0.05) is 22.1 Å². The molecule has 2 N–H and O–H groups in total. The predicted molar refractivity (Wildman–Crippen MR) is 216 cm³/mol. The highest BCUT2D eigenvalue weighted by molar-refractivity contribution is 5.87. The second-order valence-corrected chi connectivity index (χ2v) is 14.6. The standard InChI is InChI=1S/C46H62O8/c1-8-10-11-13-35-15-17-36(18-16-35)19-21-39-29-43(52-25-27-54-45(50)34(5)6)41(30-42(39)51-24-26-53-44(49)33(3)4)40-22-20-37(28-38(40)9-2)14-12-23-46(7,31-47)32-48/h15-18,20,22,28-30,47-48H,3,5,8-14,19,21,23-27,31-32H2,1-2,4,6-7H3. The van der Waals surface area contributed by atoms with Crippen molar-refractivity contribution in [3.05, 3.63) is 107 Å². The molecule has 0 aliphatic rings. The van der Waals surface area contributed by atoms with Crippen LogP contribution in [0.4, 0.5) is 0 Å². The zero-order valence-electron chi connectivity index (χ0n) is 33.3. The van der Waals surface area contributed by atoms with Gasteiger partial charge in [-0.1, -0.05) is 89.2 Å². The fourth-order valence-corrected chi connectivity index (χ4v) is 6.10. The van der Waals surface area contributed by atoms with Crippen LogP contribution >= 0.6 is 0 Å². The third-order valence-corrected chi connectivity index (χ3v) is 9.63.